The molecule has 1 N–H and O–H groups in total. The number of carbonyl (C=O) groups is 3. The number of likely N-dealkylation sites (tertiary alicyclic amines) is 1. The average molecular weight is 482 g/mol. The first-order valence-electron chi connectivity index (χ1n) is 11.6. The quantitative estimate of drug-likeness (QED) is 0.652. The first kappa shape index (κ1) is 24.5. The molecule has 4 amide bonds. The summed E-state index contributed by atoms with van der Waals surface area (Å²) in [5.41, 5.74) is -3.02. The lowest BCUT2D eigenvalue weighted by atomic mass is 9.88. The van der Waals surface area contributed by atoms with Gasteiger partial charge < -0.3 is 10.2 Å². The molecule has 186 valence electrons. The number of nitrogens with one attached hydrogen (secondary N) is 1. The van der Waals surface area contributed by atoms with Crippen molar-refractivity contribution >= 4 is 17.8 Å². The zero-order valence-corrected chi connectivity index (χ0v) is 19.2. The van der Waals surface area contributed by atoms with E-state index in [2.05, 4.69) is 10.2 Å². The number of piperazine rings is 1. The average Bonchev–Trinajstić information content (AvgIpc) is 3.04. The van der Waals surface area contributed by atoms with E-state index < -0.39 is 29.2 Å². The lowest BCUT2D eigenvalue weighted by Crippen LogP contribution is -2.53. The first-order valence-corrected chi connectivity index (χ1v) is 11.6. The van der Waals surface area contributed by atoms with Crippen molar-refractivity contribution in [3.05, 3.63) is 35.4 Å². The van der Waals surface area contributed by atoms with Crippen LogP contribution >= 0.6 is 0 Å². The minimum Gasteiger partial charge on any atom is -0.342 e. The molecule has 3 fully saturated rings. The fourth-order valence-electron chi connectivity index (χ4n) is 4.90. The Labute approximate surface area is 196 Å². The Kier molecular flexibility index (Phi) is 6.86. The van der Waals surface area contributed by atoms with Crippen LogP contribution in [0, 0.1) is 0 Å². The van der Waals surface area contributed by atoms with Crippen molar-refractivity contribution in [3.8, 4) is 0 Å². The minimum atomic E-state index is -4.65. The topological polar surface area (TPSA) is 76.2 Å². The van der Waals surface area contributed by atoms with Crippen molar-refractivity contribution in [2.75, 3.05) is 52.5 Å². The zero-order chi connectivity index (χ0) is 24.5. The number of imide groups is 1. The number of nitrogens with zero attached hydrogens (tertiary/aromatic N) is 4. The predicted octanol–water partition coefficient (Wildman–Crippen LogP) is 2.06. The molecule has 0 saturated carbocycles. The van der Waals surface area contributed by atoms with Crippen molar-refractivity contribution in [3.63, 3.8) is 0 Å². The third-order valence-electron chi connectivity index (χ3n) is 6.92. The number of hydrogen-bond acceptors (Lipinski definition) is 5. The summed E-state index contributed by atoms with van der Waals surface area (Å²) in [7, 11) is 0. The van der Waals surface area contributed by atoms with Gasteiger partial charge in [0.25, 0.3) is 5.91 Å². The van der Waals surface area contributed by atoms with Gasteiger partial charge in [-0.2, -0.15) is 13.2 Å². The SMILES string of the molecule is C[C@]1(c2ccccc2C(F)(F)F)NC(=O)N(CN2CCN(CC(=O)N3CCCCC3)CC2)C1=O. The molecular weight excluding hydrogens is 451 g/mol. The summed E-state index contributed by atoms with van der Waals surface area (Å²) in [4.78, 5) is 45.1. The minimum absolute atomic E-state index is 0.0116. The maximum Gasteiger partial charge on any atom is 0.416 e. The predicted molar refractivity (Wildman–Crippen MR) is 117 cm³/mol. The van der Waals surface area contributed by atoms with Gasteiger partial charge in [-0.3, -0.25) is 19.4 Å². The Morgan fingerprint density at radius 1 is 0.971 bits per heavy atom. The second-order valence-electron chi connectivity index (χ2n) is 9.31. The van der Waals surface area contributed by atoms with E-state index in [0.717, 1.165) is 43.3 Å². The third kappa shape index (κ3) is 4.90. The molecule has 3 aliphatic heterocycles. The van der Waals surface area contributed by atoms with Crippen molar-refractivity contribution in [2.24, 2.45) is 0 Å². The lowest BCUT2D eigenvalue weighted by Gasteiger charge is -2.37. The van der Waals surface area contributed by atoms with E-state index in [1.165, 1.54) is 25.1 Å². The molecule has 8 nitrogen and oxygen atoms in total. The van der Waals surface area contributed by atoms with Crippen molar-refractivity contribution < 1.29 is 27.6 Å². The van der Waals surface area contributed by atoms with Crippen LogP contribution in [-0.2, 0) is 21.3 Å². The highest BCUT2D eigenvalue weighted by Gasteiger charge is 2.52. The summed E-state index contributed by atoms with van der Waals surface area (Å²) in [6.07, 6.45) is -1.41. The highest BCUT2D eigenvalue weighted by atomic mass is 19.4. The molecule has 0 spiro atoms. The van der Waals surface area contributed by atoms with Crippen LogP contribution in [0.4, 0.5) is 18.0 Å². The zero-order valence-electron chi connectivity index (χ0n) is 19.2. The van der Waals surface area contributed by atoms with Crippen LogP contribution in [0.15, 0.2) is 24.3 Å². The number of benzene rings is 1. The van der Waals surface area contributed by atoms with E-state index in [4.69, 9.17) is 0 Å². The van der Waals surface area contributed by atoms with Crippen LogP contribution in [0.2, 0.25) is 0 Å². The van der Waals surface area contributed by atoms with E-state index in [1.807, 2.05) is 9.80 Å². The molecule has 1 aromatic rings. The lowest BCUT2D eigenvalue weighted by molar-refractivity contribution is -0.140. The number of urea groups is 1. The summed E-state index contributed by atoms with van der Waals surface area (Å²) in [5.74, 6) is -0.585. The molecule has 34 heavy (non-hydrogen) atoms. The van der Waals surface area contributed by atoms with Gasteiger partial charge in [0.05, 0.1) is 18.8 Å². The van der Waals surface area contributed by atoms with E-state index >= 15 is 0 Å². The van der Waals surface area contributed by atoms with Crippen molar-refractivity contribution in [1.82, 2.24) is 24.9 Å². The molecule has 0 unspecified atom stereocenters. The molecule has 0 aliphatic carbocycles. The second kappa shape index (κ2) is 9.53. The van der Waals surface area contributed by atoms with Crippen LogP contribution in [-0.4, -0.2) is 89.9 Å². The van der Waals surface area contributed by atoms with Gasteiger partial charge in [-0.1, -0.05) is 18.2 Å². The summed E-state index contributed by atoms with van der Waals surface area (Å²) < 4.78 is 40.6. The molecule has 3 aliphatic rings. The molecule has 3 heterocycles. The molecule has 0 bridgehead atoms. The fraction of sp³-hybridized carbons (Fsp3) is 0.609. The van der Waals surface area contributed by atoms with Gasteiger partial charge in [0.1, 0.15) is 5.54 Å². The normalized spacial score (nSPS) is 25.1. The molecule has 1 atom stereocenters. The molecule has 1 aromatic carbocycles. The van der Waals surface area contributed by atoms with Crippen LogP contribution in [0.1, 0.15) is 37.3 Å². The smallest absolute Gasteiger partial charge is 0.342 e. The maximum absolute atomic E-state index is 13.5. The monoisotopic (exact) mass is 481 g/mol. The van der Waals surface area contributed by atoms with Crippen LogP contribution < -0.4 is 5.32 Å². The van der Waals surface area contributed by atoms with Gasteiger partial charge in [0.15, 0.2) is 0 Å². The summed E-state index contributed by atoms with van der Waals surface area (Å²) in [6.45, 7) is 5.56. The molecule has 0 radical (unpaired) electrons. The van der Waals surface area contributed by atoms with Crippen LogP contribution in [0.3, 0.4) is 0 Å². The Bertz CT molecular complexity index is 942. The Morgan fingerprint density at radius 2 is 1.59 bits per heavy atom. The van der Waals surface area contributed by atoms with Crippen molar-refractivity contribution in [1.29, 1.82) is 0 Å². The van der Waals surface area contributed by atoms with Gasteiger partial charge in [-0.05, 0) is 37.8 Å². The van der Waals surface area contributed by atoms with Crippen LogP contribution in [0.25, 0.3) is 0 Å². The fourth-order valence-corrected chi connectivity index (χ4v) is 4.90. The van der Waals surface area contributed by atoms with E-state index in [0.29, 0.717) is 32.7 Å². The number of hydrogen-bond donors (Lipinski definition) is 1. The third-order valence-corrected chi connectivity index (χ3v) is 6.92. The molecule has 3 saturated heterocycles. The van der Waals surface area contributed by atoms with Gasteiger partial charge >= 0.3 is 12.2 Å². The Hall–Kier alpha value is -2.66. The molecular formula is C23H30F3N5O3. The van der Waals surface area contributed by atoms with Crippen molar-refractivity contribution in [2.45, 2.75) is 37.9 Å². The standard InChI is InChI=1S/C23H30F3N5O3/c1-22(17-7-3-4-8-18(17)23(24,25)26)20(33)31(21(34)27-22)16-29-13-11-28(12-14-29)15-19(32)30-9-5-2-6-10-30/h3-4,7-8H,2,5-6,9-16H2,1H3,(H,27,34)/t22-/m1/s1. The van der Waals surface area contributed by atoms with Crippen LogP contribution in [0.5, 0.6) is 0 Å². The number of halogens is 3. The Balaban J connectivity index is 1.36. The van der Waals surface area contributed by atoms with E-state index in [-0.39, 0.29) is 18.1 Å². The van der Waals surface area contributed by atoms with Gasteiger partial charge in [-0.15, -0.1) is 0 Å². The number of carbonyl (C=O) groups excluding carboxylic acids is 3. The Morgan fingerprint density at radius 3 is 2.24 bits per heavy atom. The highest BCUT2D eigenvalue weighted by molar-refractivity contribution is 6.07. The van der Waals surface area contributed by atoms with E-state index in [1.54, 1.807) is 0 Å². The second-order valence-corrected chi connectivity index (χ2v) is 9.31. The summed E-state index contributed by atoms with van der Waals surface area (Å²) in [6, 6.07) is 4.09. The number of alkyl halides is 3. The maximum atomic E-state index is 13.5. The number of piperidine rings is 1. The van der Waals surface area contributed by atoms with Gasteiger partial charge in [0, 0.05) is 39.3 Å². The molecule has 4 rings (SSSR count). The van der Waals surface area contributed by atoms with Gasteiger partial charge in [-0.25, -0.2) is 9.69 Å². The highest BCUT2D eigenvalue weighted by Crippen LogP contribution is 2.39. The van der Waals surface area contributed by atoms with E-state index in [9.17, 15) is 27.6 Å². The number of rotatable bonds is 5. The van der Waals surface area contributed by atoms with Gasteiger partial charge in [0.2, 0.25) is 5.91 Å². The summed E-state index contributed by atoms with van der Waals surface area (Å²) >= 11 is 0. The largest absolute Gasteiger partial charge is 0.416 e. The first-order chi connectivity index (χ1) is 16.1. The molecule has 11 heteroatoms. The molecule has 0 aromatic heterocycles. The summed E-state index contributed by atoms with van der Waals surface area (Å²) in [5, 5.41) is 2.47. The number of amides is 4.